The lowest BCUT2D eigenvalue weighted by atomic mass is 10.2. The van der Waals surface area contributed by atoms with Gasteiger partial charge < -0.3 is 15.7 Å². The number of rotatable bonds is 8. The van der Waals surface area contributed by atoms with E-state index < -0.39 is 5.97 Å². The third-order valence-corrected chi connectivity index (χ3v) is 2.54. The van der Waals surface area contributed by atoms with Gasteiger partial charge in [0.05, 0.1) is 5.69 Å². The Morgan fingerprint density at radius 3 is 2.68 bits per heavy atom. The number of nitrogens with zero attached hydrogens (tertiary/aromatic N) is 2. The van der Waals surface area contributed by atoms with Crippen molar-refractivity contribution in [2.24, 2.45) is 7.05 Å². The molecule has 0 aromatic carbocycles. The summed E-state index contributed by atoms with van der Waals surface area (Å²) in [7, 11) is 1.85. The van der Waals surface area contributed by atoms with Gasteiger partial charge in [0.1, 0.15) is 0 Å². The fourth-order valence-electron chi connectivity index (χ4n) is 1.57. The van der Waals surface area contributed by atoms with E-state index in [-0.39, 0.29) is 12.5 Å². The summed E-state index contributed by atoms with van der Waals surface area (Å²) in [4.78, 5) is 21.6. The van der Waals surface area contributed by atoms with Gasteiger partial charge in [-0.2, -0.15) is 5.10 Å². The van der Waals surface area contributed by atoms with E-state index in [2.05, 4.69) is 15.7 Å². The second kappa shape index (κ2) is 8.12. The zero-order chi connectivity index (χ0) is 14.1. The lowest BCUT2D eigenvalue weighted by Gasteiger charge is -2.06. The van der Waals surface area contributed by atoms with Crippen LogP contribution in [0.1, 0.15) is 25.0 Å². The van der Waals surface area contributed by atoms with Crippen molar-refractivity contribution in [3.63, 3.8) is 0 Å². The first-order valence-corrected chi connectivity index (χ1v) is 6.30. The Balaban J connectivity index is 2.00. The number of hydrogen-bond donors (Lipinski definition) is 3. The maximum absolute atomic E-state index is 11.4. The van der Waals surface area contributed by atoms with Crippen molar-refractivity contribution in [2.75, 3.05) is 13.1 Å². The van der Waals surface area contributed by atoms with Crippen molar-refractivity contribution in [2.45, 2.75) is 25.7 Å². The van der Waals surface area contributed by atoms with Crippen LogP contribution in [0.3, 0.4) is 0 Å². The smallest absolute Gasteiger partial charge is 0.314 e. The van der Waals surface area contributed by atoms with Crippen LogP contribution in [0.4, 0.5) is 4.79 Å². The van der Waals surface area contributed by atoms with Crippen LogP contribution in [0.15, 0.2) is 12.3 Å². The fourth-order valence-corrected chi connectivity index (χ4v) is 1.57. The van der Waals surface area contributed by atoms with Gasteiger partial charge in [0.2, 0.25) is 0 Å². The van der Waals surface area contributed by atoms with E-state index in [1.165, 1.54) is 0 Å². The molecule has 1 rings (SSSR count). The number of aliphatic carboxylic acids is 1. The number of unbranched alkanes of at least 4 members (excludes halogenated alkanes) is 1. The Hall–Kier alpha value is -2.05. The molecule has 0 saturated heterocycles. The molecule has 0 atom stereocenters. The summed E-state index contributed by atoms with van der Waals surface area (Å²) < 4.78 is 1.72. The van der Waals surface area contributed by atoms with Crippen LogP contribution >= 0.6 is 0 Å². The van der Waals surface area contributed by atoms with Crippen molar-refractivity contribution in [1.82, 2.24) is 20.4 Å². The van der Waals surface area contributed by atoms with Gasteiger partial charge in [-0.1, -0.05) is 0 Å². The Labute approximate surface area is 112 Å². The van der Waals surface area contributed by atoms with Crippen LogP contribution in [0, 0.1) is 0 Å². The maximum Gasteiger partial charge on any atom is 0.314 e. The van der Waals surface area contributed by atoms with E-state index >= 15 is 0 Å². The van der Waals surface area contributed by atoms with Gasteiger partial charge in [-0.3, -0.25) is 9.48 Å². The molecule has 0 fully saturated rings. The topological polar surface area (TPSA) is 96.2 Å². The summed E-state index contributed by atoms with van der Waals surface area (Å²) in [5.41, 5.74) is 0.934. The molecule has 1 aromatic heterocycles. The molecule has 0 aliphatic heterocycles. The molecule has 3 N–H and O–H groups in total. The summed E-state index contributed by atoms with van der Waals surface area (Å²) in [6.45, 7) is 1.01. The number of urea groups is 1. The third kappa shape index (κ3) is 7.07. The minimum absolute atomic E-state index is 0.142. The number of carbonyl (C=O) groups excluding carboxylic acids is 1. The van der Waals surface area contributed by atoms with Crippen molar-refractivity contribution in [3.05, 3.63) is 18.0 Å². The number of nitrogens with one attached hydrogen (secondary N) is 2. The van der Waals surface area contributed by atoms with Crippen molar-refractivity contribution < 1.29 is 14.7 Å². The predicted octanol–water partition coefficient (Wildman–Crippen LogP) is 0.517. The molecule has 7 nitrogen and oxygen atoms in total. The monoisotopic (exact) mass is 268 g/mol. The van der Waals surface area contributed by atoms with Crippen LogP contribution < -0.4 is 10.6 Å². The number of amides is 2. The summed E-state index contributed by atoms with van der Waals surface area (Å²) in [5, 5.41) is 18.0. The number of aromatic nitrogens is 2. The fraction of sp³-hybridized carbons (Fsp3) is 0.583. The number of hydrogen-bond acceptors (Lipinski definition) is 3. The molecule has 0 aliphatic rings. The van der Waals surface area contributed by atoms with E-state index in [4.69, 9.17) is 5.11 Å². The molecule has 1 heterocycles. The van der Waals surface area contributed by atoms with Crippen LogP contribution in [0.2, 0.25) is 0 Å². The highest BCUT2D eigenvalue weighted by Crippen LogP contribution is 1.94. The molecule has 106 valence electrons. The second-order valence-electron chi connectivity index (χ2n) is 4.26. The largest absolute Gasteiger partial charge is 0.481 e. The first-order valence-electron chi connectivity index (χ1n) is 6.30. The molecule has 0 unspecified atom stereocenters. The molecule has 0 saturated carbocycles. The van der Waals surface area contributed by atoms with Crippen molar-refractivity contribution in [3.8, 4) is 0 Å². The van der Waals surface area contributed by atoms with Gasteiger partial charge in [0, 0.05) is 39.2 Å². The van der Waals surface area contributed by atoms with Gasteiger partial charge in [0.25, 0.3) is 0 Å². The van der Waals surface area contributed by atoms with Crippen LogP contribution in [0.5, 0.6) is 0 Å². The average molecular weight is 268 g/mol. The highest BCUT2D eigenvalue weighted by Gasteiger charge is 2.01. The highest BCUT2D eigenvalue weighted by molar-refractivity contribution is 5.73. The Morgan fingerprint density at radius 2 is 2.05 bits per heavy atom. The summed E-state index contributed by atoms with van der Waals surface area (Å²) >= 11 is 0. The lowest BCUT2D eigenvalue weighted by molar-refractivity contribution is -0.137. The first kappa shape index (κ1) is 15.0. The third-order valence-electron chi connectivity index (χ3n) is 2.54. The Bertz CT molecular complexity index is 417. The normalized spacial score (nSPS) is 10.2. The summed E-state index contributed by atoms with van der Waals surface area (Å²) in [6, 6.07) is 1.68. The van der Waals surface area contributed by atoms with E-state index in [0.29, 0.717) is 32.4 Å². The zero-order valence-corrected chi connectivity index (χ0v) is 11.1. The minimum atomic E-state index is -0.806. The van der Waals surface area contributed by atoms with Crippen LogP contribution in [0.25, 0.3) is 0 Å². The van der Waals surface area contributed by atoms with Crippen LogP contribution in [-0.2, 0) is 18.3 Å². The summed E-state index contributed by atoms with van der Waals surface area (Å²) in [5.74, 6) is -0.806. The lowest BCUT2D eigenvalue weighted by Crippen LogP contribution is -2.37. The molecular weight excluding hydrogens is 248 g/mol. The predicted molar refractivity (Wildman–Crippen MR) is 69.8 cm³/mol. The first-order chi connectivity index (χ1) is 9.08. The van der Waals surface area contributed by atoms with Gasteiger partial charge in [-0.25, -0.2) is 4.79 Å². The molecule has 1 aromatic rings. The summed E-state index contributed by atoms with van der Waals surface area (Å²) in [6.07, 6.45) is 3.93. The molecule has 2 amide bonds. The molecule has 19 heavy (non-hydrogen) atoms. The van der Waals surface area contributed by atoms with E-state index in [0.717, 1.165) is 5.69 Å². The van der Waals surface area contributed by atoms with Gasteiger partial charge in [-0.05, 0) is 18.9 Å². The Kier molecular flexibility index (Phi) is 6.42. The molecule has 7 heteroatoms. The van der Waals surface area contributed by atoms with Crippen molar-refractivity contribution in [1.29, 1.82) is 0 Å². The van der Waals surface area contributed by atoms with Crippen molar-refractivity contribution >= 4 is 12.0 Å². The molecular formula is C12H20N4O3. The SMILES string of the molecule is Cn1ccc(CCNC(=O)NCCCCC(=O)O)n1. The molecule has 0 spiro atoms. The minimum Gasteiger partial charge on any atom is -0.481 e. The Morgan fingerprint density at radius 1 is 1.32 bits per heavy atom. The van der Waals surface area contributed by atoms with Gasteiger partial charge >= 0.3 is 12.0 Å². The average Bonchev–Trinajstić information content (AvgIpc) is 2.74. The maximum atomic E-state index is 11.4. The standard InChI is InChI=1S/C12H20N4O3/c1-16-9-6-10(15-16)5-8-14-12(19)13-7-3-2-4-11(17)18/h6,9H,2-5,7-8H2,1H3,(H,17,18)(H2,13,14,19). The number of carbonyl (C=O) groups is 2. The van der Waals surface area contributed by atoms with Gasteiger partial charge in [-0.15, -0.1) is 0 Å². The molecule has 0 aliphatic carbocycles. The second-order valence-corrected chi connectivity index (χ2v) is 4.26. The zero-order valence-electron chi connectivity index (χ0n) is 11.1. The highest BCUT2D eigenvalue weighted by atomic mass is 16.4. The number of aryl methyl sites for hydroxylation is 1. The van der Waals surface area contributed by atoms with Gasteiger partial charge in [0.15, 0.2) is 0 Å². The number of carboxylic acids is 1. The van der Waals surface area contributed by atoms with E-state index in [9.17, 15) is 9.59 Å². The number of carboxylic acid groups (broad SMARTS) is 1. The molecule has 0 radical (unpaired) electrons. The quantitative estimate of drug-likeness (QED) is 0.599. The van der Waals surface area contributed by atoms with E-state index in [1.807, 2.05) is 19.3 Å². The molecule has 0 bridgehead atoms. The van der Waals surface area contributed by atoms with Crippen LogP contribution in [-0.4, -0.2) is 40.0 Å². The van der Waals surface area contributed by atoms with E-state index in [1.54, 1.807) is 4.68 Å².